The first-order chi connectivity index (χ1) is 12.0. The minimum atomic E-state index is -0.270. The number of hydrogen-bond acceptors (Lipinski definition) is 2. The lowest BCUT2D eigenvalue weighted by Crippen LogP contribution is -2.12. The van der Waals surface area contributed by atoms with E-state index in [4.69, 9.17) is 51.1 Å². The van der Waals surface area contributed by atoms with Gasteiger partial charge in [-0.25, -0.2) is 4.98 Å². The van der Waals surface area contributed by atoms with Crippen molar-refractivity contribution in [3.05, 3.63) is 86.3 Å². The van der Waals surface area contributed by atoms with Crippen LogP contribution in [0.15, 0.2) is 55.1 Å². The Morgan fingerprint density at radius 1 is 0.960 bits per heavy atom. The van der Waals surface area contributed by atoms with Gasteiger partial charge in [-0.2, -0.15) is 0 Å². The highest BCUT2D eigenvalue weighted by atomic mass is 35.5. The van der Waals surface area contributed by atoms with Gasteiger partial charge in [-0.1, -0.05) is 58.5 Å². The molecule has 1 atom stereocenters. The van der Waals surface area contributed by atoms with E-state index in [9.17, 15) is 0 Å². The summed E-state index contributed by atoms with van der Waals surface area (Å²) in [6.45, 7) is 0.942. The Bertz CT molecular complexity index is 852. The third kappa shape index (κ3) is 4.90. The summed E-state index contributed by atoms with van der Waals surface area (Å²) in [6, 6.07) is 10.8. The zero-order valence-corrected chi connectivity index (χ0v) is 16.0. The quantitative estimate of drug-likeness (QED) is 0.462. The van der Waals surface area contributed by atoms with Crippen LogP contribution in [0, 0.1) is 0 Å². The van der Waals surface area contributed by atoms with Gasteiger partial charge in [0.25, 0.3) is 0 Å². The lowest BCUT2D eigenvalue weighted by atomic mass is 10.1. The van der Waals surface area contributed by atoms with Crippen LogP contribution in [0.25, 0.3) is 0 Å². The maximum Gasteiger partial charge on any atom is 0.102 e. The highest BCUT2D eigenvalue weighted by molar-refractivity contribution is 6.42. The molecule has 0 N–H and O–H groups in total. The number of rotatable bonds is 6. The molecule has 0 unspecified atom stereocenters. The lowest BCUT2D eigenvalue weighted by molar-refractivity contribution is 0.0280. The molecular weight excluding hydrogens is 402 g/mol. The molecule has 0 saturated carbocycles. The Morgan fingerprint density at radius 3 is 2.48 bits per heavy atom. The summed E-state index contributed by atoms with van der Waals surface area (Å²) in [4.78, 5) is 4.07. The molecule has 3 aromatic rings. The number of hydrogen-bond donors (Lipinski definition) is 0. The molecule has 2 aromatic carbocycles. The predicted molar refractivity (Wildman–Crippen MR) is 103 cm³/mol. The van der Waals surface area contributed by atoms with Crippen molar-refractivity contribution in [1.29, 1.82) is 0 Å². The highest BCUT2D eigenvalue weighted by Crippen LogP contribution is 2.31. The van der Waals surface area contributed by atoms with Gasteiger partial charge < -0.3 is 9.30 Å². The first-order valence-corrected chi connectivity index (χ1v) is 9.00. The number of halogens is 4. The van der Waals surface area contributed by atoms with Crippen molar-refractivity contribution in [2.45, 2.75) is 19.3 Å². The number of imidazole rings is 1. The molecule has 130 valence electrons. The van der Waals surface area contributed by atoms with E-state index in [1.807, 2.05) is 22.9 Å². The van der Waals surface area contributed by atoms with Crippen LogP contribution in [0.5, 0.6) is 0 Å². The second kappa shape index (κ2) is 8.43. The van der Waals surface area contributed by atoms with Gasteiger partial charge in [0.2, 0.25) is 0 Å². The fraction of sp³-hybridized carbons (Fsp3) is 0.167. The van der Waals surface area contributed by atoms with Crippen molar-refractivity contribution >= 4 is 46.4 Å². The monoisotopic (exact) mass is 414 g/mol. The Hall–Kier alpha value is -1.23. The summed E-state index contributed by atoms with van der Waals surface area (Å²) in [7, 11) is 0. The highest BCUT2D eigenvalue weighted by Gasteiger charge is 2.17. The lowest BCUT2D eigenvalue weighted by Gasteiger charge is -2.20. The molecule has 1 heterocycles. The fourth-order valence-electron chi connectivity index (χ4n) is 2.42. The number of benzene rings is 2. The fourth-order valence-corrected chi connectivity index (χ4v) is 3.27. The van der Waals surface area contributed by atoms with Gasteiger partial charge in [-0.3, -0.25) is 0 Å². The van der Waals surface area contributed by atoms with Gasteiger partial charge in [0.15, 0.2) is 0 Å². The summed E-state index contributed by atoms with van der Waals surface area (Å²) in [5.41, 5.74) is 1.79. The summed E-state index contributed by atoms with van der Waals surface area (Å²) in [5.74, 6) is 0. The van der Waals surface area contributed by atoms with Gasteiger partial charge in [0.05, 0.1) is 29.5 Å². The van der Waals surface area contributed by atoms with Crippen molar-refractivity contribution in [2.24, 2.45) is 0 Å². The second-order valence-electron chi connectivity index (χ2n) is 5.47. The van der Waals surface area contributed by atoms with E-state index in [1.165, 1.54) is 0 Å². The molecule has 0 bridgehead atoms. The van der Waals surface area contributed by atoms with Crippen LogP contribution in [-0.4, -0.2) is 9.55 Å². The van der Waals surface area contributed by atoms with Gasteiger partial charge in [-0.05, 0) is 29.8 Å². The van der Waals surface area contributed by atoms with Crippen LogP contribution in [0.2, 0.25) is 20.1 Å². The van der Waals surface area contributed by atoms with E-state index < -0.39 is 0 Å². The molecule has 3 nitrogen and oxygen atoms in total. The van der Waals surface area contributed by atoms with E-state index in [-0.39, 0.29) is 6.10 Å². The van der Waals surface area contributed by atoms with Gasteiger partial charge in [0.1, 0.15) is 6.10 Å². The van der Waals surface area contributed by atoms with E-state index >= 15 is 0 Å². The number of ether oxygens (including phenoxy) is 1. The SMILES string of the molecule is Clc1ccc([C@@H](Cn2ccnc2)OCc2ccc(Cl)c(Cl)c2)c(Cl)c1. The van der Waals surface area contributed by atoms with Gasteiger partial charge >= 0.3 is 0 Å². The Labute approximate surface area is 166 Å². The molecule has 0 spiro atoms. The van der Waals surface area contributed by atoms with E-state index in [2.05, 4.69) is 4.98 Å². The Morgan fingerprint density at radius 2 is 1.80 bits per heavy atom. The minimum Gasteiger partial charge on any atom is -0.367 e. The molecule has 1 aromatic heterocycles. The first-order valence-electron chi connectivity index (χ1n) is 7.49. The zero-order valence-electron chi connectivity index (χ0n) is 13.0. The van der Waals surface area contributed by atoms with Crippen LogP contribution in [0.4, 0.5) is 0 Å². The number of nitrogens with zero attached hydrogens (tertiary/aromatic N) is 2. The van der Waals surface area contributed by atoms with E-state index in [1.54, 1.807) is 36.8 Å². The third-order valence-electron chi connectivity index (χ3n) is 3.68. The van der Waals surface area contributed by atoms with Crippen LogP contribution in [0.1, 0.15) is 17.2 Å². The standard InChI is InChI=1S/C18H14Cl4N2O/c19-13-2-3-14(16(21)8-13)18(9-24-6-5-23-11-24)25-10-12-1-4-15(20)17(22)7-12/h1-8,11,18H,9-10H2/t18-/m1/s1. The molecule has 0 fully saturated rings. The molecule has 3 rings (SSSR count). The van der Waals surface area contributed by atoms with Crippen molar-refractivity contribution in [3.8, 4) is 0 Å². The van der Waals surface area contributed by atoms with Crippen LogP contribution >= 0.6 is 46.4 Å². The zero-order chi connectivity index (χ0) is 17.8. The summed E-state index contributed by atoms with van der Waals surface area (Å²) in [6.07, 6.45) is 5.06. The molecule has 0 saturated heterocycles. The predicted octanol–water partition coefficient (Wildman–Crippen LogP) is 6.45. The largest absolute Gasteiger partial charge is 0.367 e. The van der Waals surface area contributed by atoms with Gasteiger partial charge in [-0.15, -0.1) is 0 Å². The molecule has 0 aliphatic heterocycles. The maximum atomic E-state index is 6.36. The second-order valence-corrected chi connectivity index (χ2v) is 7.13. The van der Waals surface area contributed by atoms with Gasteiger partial charge in [0, 0.05) is 28.0 Å². The average Bonchev–Trinajstić information content (AvgIpc) is 3.08. The summed E-state index contributed by atoms with van der Waals surface area (Å²) < 4.78 is 8.06. The number of aromatic nitrogens is 2. The first kappa shape index (κ1) is 18.6. The van der Waals surface area contributed by atoms with Crippen LogP contribution < -0.4 is 0 Å². The maximum absolute atomic E-state index is 6.36. The van der Waals surface area contributed by atoms with Crippen molar-refractivity contribution < 1.29 is 4.74 Å². The average molecular weight is 416 g/mol. The minimum absolute atomic E-state index is 0.270. The smallest absolute Gasteiger partial charge is 0.102 e. The van der Waals surface area contributed by atoms with Crippen molar-refractivity contribution in [2.75, 3.05) is 0 Å². The molecule has 25 heavy (non-hydrogen) atoms. The molecule has 7 heteroatoms. The Kier molecular flexibility index (Phi) is 6.26. The Balaban J connectivity index is 1.81. The summed E-state index contributed by atoms with van der Waals surface area (Å²) >= 11 is 24.4. The topological polar surface area (TPSA) is 27.1 Å². The summed E-state index contributed by atoms with van der Waals surface area (Å²) in [5, 5.41) is 2.16. The van der Waals surface area contributed by atoms with Crippen LogP contribution in [0.3, 0.4) is 0 Å². The third-order valence-corrected chi connectivity index (χ3v) is 4.98. The molecule has 0 aliphatic rings. The molecule has 0 aliphatic carbocycles. The molecular formula is C18H14Cl4N2O. The molecule has 0 radical (unpaired) electrons. The van der Waals surface area contributed by atoms with Crippen LogP contribution in [-0.2, 0) is 17.9 Å². The van der Waals surface area contributed by atoms with Crippen molar-refractivity contribution in [1.82, 2.24) is 9.55 Å². The normalized spacial score (nSPS) is 12.3. The van der Waals surface area contributed by atoms with E-state index in [0.29, 0.717) is 33.2 Å². The van der Waals surface area contributed by atoms with Crippen molar-refractivity contribution in [3.63, 3.8) is 0 Å². The molecule has 0 amide bonds. The van der Waals surface area contributed by atoms with E-state index in [0.717, 1.165) is 11.1 Å².